The van der Waals surface area contributed by atoms with Crippen LogP contribution in [0.4, 0.5) is 0 Å². The van der Waals surface area contributed by atoms with E-state index >= 15 is 0 Å². The van der Waals surface area contributed by atoms with E-state index in [1.165, 1.54) is 0 Å². The van der Waals surface area contributed by atoms with Crippen LogP contribution in [-0.2, 0) is 6.54 Å². The van der Waals surface area contributed by atoms with Crippen LogP contribution in [0.3, 0.4) is 0 Å². The quantitative estimate of drug-likeness (QED) is 0.868. The summed E-state index contributed by atoms with van der Waals surface area (Å²) in [5.74, 6) is 2.49. The summed E-state index contributed by atoms with van der Waals surface area (Å²) in [6, 6.07) is 11.7. The van der Waals surface area contributed by atoms with Crippen molar-refractivity contribution in [3.8, 4) is 11.3 Å². The second kappa shape index (κ2) is 6.07. The highest BCUT2D eigenvalue weighted by Crippen LogP contribution is 2.23. The molecule has 0 aliphatic heterocycles. The Labute approximate surface area is 113 Å². The van der Waals surface area contributed by atoms with Gasteiger partial charge in [0.25, 0.3) is 0 Å². The summed E-state index contributed by atoms with van der Waals surface area (Å²) in [6.45, 7) is 6.14. The molecule has 0 bridgehead atoms. The third-order valence-corrected chi connectivity index (χ3v) is 2.89. The molecule has 0 atom stereocenters. The topological polar surface area (TPSA) is 25.2 Å². The van der Waals surface area contributed by atoms with Crippen molar-refractivity contribution in [2.24, 2.45) is 5.92 Å². The van der Waals surface area contributed by atoms with Crippen LogP contribution in [-0.4, -0.2) is 6.54 Å². The summed E-state index contributed by atoms with van der Waals surface area (Å²) >= 11 is 5.86. The Morgan fingerprint density at radius 1 is 1.11 bits per heavy atom. The Hall–Kier alpha value is -1.25. The zero-order valence-electron chi connectivity index (χ0n) is 10.7. The molecule has 0 aliphatic carbocycles. The van der Waals surface area contributed by atoms with E-state index in [4.69, 9.17) is 16.0 Å². The van der Waals surface area contributed by atoms with Gasteiger partial charge in [0.05, 0.1) is 6.54 Å². The van der Waals surface area contributed by atoms with Gasteiger partial charge in [0, 0.05) is 10.6 Å². The van der Waals surface area contributed by atoms with Crippen molar-refractivity contribution in [1.29, 1.82) is 0 Å². The zero-order chi connectivity index (χ0) is 13.0. The van der Waals surface area contributed by atoms with Crippen LogP contribution in [0, 0.1) is 5.92 Å². The van der Waals surface area contributed by atoms with Crippen molar-refractivity contribution in [2.45, 2.75) is 20.4 Å². The highest BCUT2D eigenvalue weighted by molar-refractivity contribution is 6.30. The molecular formula is C15H18ClNO. The molecule has 0 saturated heterocycles. The maximum atomic E-state index is 5.86. The molecule has 0 amide bonds. The third-order valence-electron chi connectivity index (χ3n) is 2.64. The lowest BCUT2D eigenvalue weighted by Gasteiger charge is -2.05. The SMILES string of the molecule is CC(C)CNCc1ccc(-c2ccc(Cl)cc2)o1. The van der Waals surface area contributed by atoms with Gasteiger partial charge in [0.15, 0.2) is 0 Å². The molecule has 1 aromatic carbocycles. The van der Waals surface area contributed by atoms with Crippen molar-refractivity contribution >= 4 is 11.6 Å². The van der Waals surface area contributed by atoms with Crippen LogP contribution in [0.15, 0.2) is 40.8 Å². The number of hydrogen-bond acceptors (Lipinski definition) is 2. The second-order valence-corrected chi connectivity index (χ2v) is 5.23. The van der Waals surface area contributed by atoms with Gasteiger partial charge in [0.1, 0.15) is 11.5 Å². The summed E-state index contributed by atoms with van der Waals surface area (Å²) in [5.41, 5.74) is 1.05. The maximum absolute atomic E-state index is 5.86. The number of benzene rings is 1. The average Bonchev–Trinajstić information content (AvgIpc) is 2.78. The van der Waals surface area contributed by atoms with Gasteiger partial charge >= 0.3 is 0 Å². The van der Waals surface area contributed by atoms with E-state index < -0.39 is 0 Å². The normalized spacial score (nSPS) is 11.1. The molecule has 2 nitrogen and oxygen atoms in total. The standard InChI is InChI=1S/C15H18ClNO/c1-11(2)9-17-10-14-7-8-15(18-14)12-3-5-13(16)6-4-12/h3-8,11,17H,9-10H2,1-2H3. The van der Waals surface area contributed by atoms with Crippen LogP contribution in [0.2, 0.25) is 5.02 Å². The Bertz CT molecular complexity index is 487. The molecule has 3 heteroatoms. The van der Waals surface area contributed by atoms with Gasteiger partial charge in [-0.2, -0.15) is 0 Å². The lowest BCUT2D eigenvalue weighted by atomic mass is 10.2. The first-order chi connectivity index (χ1) is 8.65. The minimum Gasteiger partial charge on any atom is -0.460 e. The highest BCUT2D eigenvalue weighted by atomic mass is 35.5. The fraction of sp³-hybridized carbons (Fsp3) is 0.333. The van der Waals surface area contributed by atoms with Crippen LogP contribution < -0.4 is 5.32 Å². The van der Waals surface area contributed by atoms with Gasteiger partial charge in [-0.25, -0.2) is 0 Å². The van der Waals surface area contributed by atoms with E-state index in [2.05, 4.69) is 19.2 Å². The lowest BCUT2D eigenvalue weighted by molar-refractivity contribution is 0.472. The summed E-state index contributed by atoms with van der Waals surface area (Å²) in [7, 11) is 0. The van der Waals surface area contributed by atoms with Crippen molar-refractivity contribution in [3.63, 3.8) is 0 Å². The number of halogens is 1. The van der Waals surface area contributed by atoms with E-state index in [0.717, 1.165) is 35.2 Å². The first kappa shape index (κ1) is 13.2. The van der Waals surface area contributed by atoms with Crippen LogP contribution >= 0.6 is 11.6 Å². The third kappa shape index (κ3) is 3.62. The average molecular weight is 264 g/mol. The molecule has 0 fully saturated rings. The minimum atomic E-state index is 0.649. The molecule has 0 radical (unpaired) electrons. The van der Waals surface area contributed by atoms with Gasteiger partial charge in [-0.15, -0.1) is 0 Å². The molecule has 2 aromatic rings. The fourth-order valence-electron chi connectivity index (χ4n) is 1.73. The molecular weight excluding hydrogens is 246 g/mol. The van der Waals surface area contributed by atoms with E-state index in [-0.39, 0.29) is 0 Å². The summed E-state index contributed by atoms with van der Waals surface area (Å²) in [4.78, 5) is 0. The monoisotopic (exact) mass is 263 g/mol. The van der Waals surface area contributed by atoms with Crippen molar-refractivity contribution in [3.05, 3.63) is 47.2 Å². The smallest absolute Gasteiger partial charge is 0.134 e. The van der Waals surface area contributed by atoms with Crippen molar-refractivity contribution in [1.82, 2.24) is 5.32 Å². The van der Waals surface area contributed by atoms with Crippen molar-refractivity contribution in [2.75, 3.05) is 6.54 Å². The number of furan rings is 1. The minimum absolute atomic E-state index is 0.649. The lowest BCUT2D eigenvalue weighted by Crippen LogP contribution is -2.18. The van der Waals surface area contributed by atoms with Gasteiger partial charge in [0.2, 0.25) is 0 Å². The highest BCUT2D eigenvalue weighted by Gasteiger charge is 2.04. The fourth-order valence-corrected chi connectivity index (χ4v) is 1.85. The maximum Gasteiger partial charge on any atom is 0.134 e. The Morgan fingerprint density at radius 3 is 2.50 bits per heavy atom. The first-order valence-corrected chi connectivity index (χ1v) is 6.58. The van der Waals surface area contributed by atoms with Gasteiger partial charge in [-0.05, 0) is 48.9 Å². The van der Waals surface area contributed by atoms with Crippen LogP contribution in [0.25, 0.3) is 11.3 Å². The second-order valence-electron chi connectivity index (χ2n) is 4.80. The van der Waals surface area contributed by atoms with E-state index in [0.29, 0.717) is 5.92 Å². The van der Waals surface area contributed by atoms with E-state index in [1.807, 2.05) is 36.4 Å². The molecule has 0 aliphatic rings. The molecule has 0 spiro atoms. The molecule has 0 unspecified atom stereocenters. The molecule has 18 heavy (non-hydrogen) atoms. The Balaban J connectivity index is 1.99. The van der Waals surface area contributed by atoms with E-state index in [1.54, 1.807) is 0 Å². The molecule has 1 N–H and O–H groups in total. The summed E-state index contributed by atoms with van der Waals surface area (Å²) < 4.78 is 5.79. The number of nitrogens with one attached hydrogen (secondary N) is 1. The molecule has 1 aromatic heterocycles. The Kier molecular flexibility index (Phi) is 4.45. The van der Waals surface area contributed by atoms with Crippen LogP contribution in [0.1, 0.15) is 19.6 Å². The number of hydrogen-bond donors (Lipinski definition) is 1. The summed E-state index contributed by atoms with van der Waals surface area (Å²) in [5, 5.41) is 4.10. The number of rotatable bonds is 5. The zero-order valence-corrected chi connectivity index (χ0v) is 11.5. The van der Waals surface area contributed by atoms with Crippen LogP contribution in [0.5, 0.6) is 0 Å². The van der Waals surface area contributed by atoms with Gasteiger partial charge < -0.3 is 9.73 Å². The largest absolute Gasteiger partial charge is 0.460 e. The van der Waals surface area contributed by atoms with E-state index in [9.17, 15) is 0 Å². The van der Waals surface area contributed by atoms with Crippen molar-refractivity contribution < 1.29 is 4.42 Å². The molecule has 2 rings (SSSR count). The molecule has 0 saturated carbocycles. The predicted molar refractivity (Wildman–Crippen MR) is 75.7 cm³/mol. The first-order valence-electron chi connectivity index (χ1n) is 6.20. The Morgan fingerprint density at radius 2 is 1.83 bits per heavy atom. The summed E-state index contributed by atoms with van der Waals surface area (Å²) in [6.07, 6.45) is 0. The molecule has 96 valence electrons. The van der Waals surface area contributed by atoms with Gasteiger partial charge in [-0.3, -0.25) is 0 Å². The predicted octanol–water partition coefficient (Wildman–Crippen LogP) is 4.35. The van der Waals surface area contributed by atoms with Gasteiger partial charge in [-0.1, -0.05) is 25.4 Å². The molecule has 1 heterocycles.